The Kier molecular flexibility index (Phi) is 5.64. The molecule has 2 aromatic rings. The van der Waals surface area contributed by atoms with Crippen LogP contribution in [0, 0.1) is 5.82 Å². The van der Waals surface area contributed by atoms with Crippen LogP contribution in [0.3, 0.4) is 0 Å². The fourth-order valence-electron chi connectivity index (χ4n) is 2.42. The Balaban J connectivity index is 1.74. The molecular formula is C17H15Cl2FO3S. The van der Waals surface area contributed by atoms with E-state index in [0.29, 0.717) is 41.1 Å². The van der Waals surface area contributed by atoms with Gasteiger partial charge in [-0.25, -0.2) is 4.39 Å². The summed E-state index contributed by atoms with van der Waals surface area (Å²) in [7, 11) is -1.21. The Morgan fingerprint density at radius 1 is 1.04 bits per heavy atom. The van der Waals surface area contributed by atoms with Gasteiger partial charge >= 0.3 is 0 Å². The lowest BCUT2D eigenvalue weighted by atomic mass is 10.2. The van der Waals surface area contributed by atoms with Crippen molar-refractivity contribution in [2.75, 3.05) is 13.2 Å². The number of ether oxygens (including phenoxy) is 2. The molecule has 2 aromatic carbocycles. The molecule has 0 aromatic heterocycles. The van der Waals surface area contributed by atoms with Crippen LogP contribution in [-0.2, 0) is 22.3 Å². The maximum Gasteiger partial charge on any atom is 0.179 e. The first-order valence-electron chi connectivity index (χ1n) is 7.40. The first-order chi connectivity index (χ1) is 11.5. The van der Waals surface area contributed by atoms with E-state index in [-0.39, 0.29) is 10.8 Å². The predicted molar refractivity (Wildman–Crippen MR) is 94.0 cm³/mol. The number of halogens is 3. The van der Waals surface area contributed by atoms with E-state index >= 15 is 0 Å². The Morgan fingerprint density at radius 2 is 1.83 bits per heavy atom. The lowest BCUT2D eigenvalue weighted by Gasteiger charge is -2.12. The summed E-state index contributed by atoms with van der Waals surface area (Å²) >= 11 is 12.2. The van der Waals surface area contributed by atoms with Crippen LogP contribution in [0.15, 0.2) is 30.3 Å². The molecule has 0 saturated heterocycles. The van der Waals surface area contributed by atoms with Gasteiger partial charge in [0.25, 0.3) is 0 Å². The third-order valence-electron chi connectivity index (χ3n) is 3.52. The average molecular weight is 389 g/mol. The second-order valence-corrected chi connectivity index (χ2v) is 7.69. The van der Waals surface area contributed by atoms with Gasteiger partial charge in [0.05, 0.1) is 24.0 Å². The number of benzene rings is 2. The van der Waals surface area contributed by atoms with Gasteiger partial charge in [-0.15, -0.1) is 0 Å². The highest BCUT2D eigenvalue weighted by Crippen LogP contribution is 2.38. The SMILES string of the molecule is O=S(Cc1cc(Cl)c2c(c1)OCCCO2)Cc1ccc(F)cc1Cl. The van der Waals surface area contributed by atoms with Crippen LogP contribution in [0.4, 0.5) is 4.39 Å². The third kappa shape index (κ3) is 4.21. The van der Waals surface area contributed by atoms with Gasteiger partial charge in [0.1, 0.15) is 5.82 Å². The van der Waals surface area contributed by atoms with Gasteiger partial charge in [0, 0.05) is 28.0 Å². The van der Waals surface area contributed by atoms with Crippen LogP contribution in [0.25, 0.3) is 0 Å². The molecule has 0 bridgehead atoms. The summed E-state index contributed by atoms with van der Waals surface area (Å²) in [4.78, 5) is 0. The van der Waals surface area contributed by atoms with Gasteiger partial charge in [0.2, 0.25) is 0 Å². The van der Waals surface area contributed by atoms with Crippen molar-refractivity contribution in [3.05, 3.63) is 57.3 Å². The molecule has 1 aliphatic heterocycles. The molecule has 1 aliphatic rings. The molecule has 3 rings (SSSR count). The van der Waals surface area contributed by atoms with Crippen LogP contribution in [0.1, 0.15) is 17.5 Å². The second kappa shape index (κ2) is 7.72. The number of rotatable bonds is 4. The fourth-order valence-corrected chi connectivity index (χ4v) is 4.26. The molecule has 0 fully saturated rings. The largest absolute Gasteiger partial charge is 0.489 e. The lowest BCUT2D eigenvalue weighted by Crippen LogP contribution is -2.02. The quantitative estimate of drug-likeness (QED) is 0.758. The molecule has 24 heavy (non-hydrogen) atoms. The first-order valence-corrected chi connectivity index (χ1v) is 9.64. The maximum atomic E-state index is 13.1. The van der Waals surface area contributed by atoms with Crippen molar-refractivity contribution in [3.63, 3.8) is 0 Å². The van der Waals surface area contributed by atoms with Crippen molar-refractivity contribution >= 4 is 34.0 Å². The molecule has 0 spiro atoms. The normalized spacial score (nSPS) is 15.0. The summed E-state index contributed by atoms with van der Waals surface area (Å²) in [5.41, 5.74) is 1.44. The van der Waals surface area contributed by atoms with Gasteiger partial charge in [-0.05, 0) is 35.4 Å². The van der Waals surface area contributed by atoms with Gasteiger partial charge < -0.3 is 9.47 Å². The van der Waals surface area contributed by atoms with E-state index < -0.39 is 16.6 Å². The number of fused-ring (bicyclic) bond motifs is 1. The average Bonchev–Trinajstić information content (AvgIpc) is 2.76. The van der Waals surface area contributed by atoms with E-state index in [1.807, 2.05) is 0 Å². The molecule has 0 radical (unpaired) electrons. The van der Waals surface area contributed by atoms with Crippen molar-refractivity contribution in [2.45, 2.75) is 17.9 Å². The Bertz CT molecular complexity index is 783. The van der Waals surface area contributed by atoms with Gasteiger partial charge in [-0.3, -0.25) is 4.21 Å². The van der Waals surface area contributed by atoms with Gasteiger partial charge in [-0.1, -0.05) is 29.3 Å². The second-order valence-electron chi connectivity index (χ2n) is 5.42. The smallest absolute Gasteiger partial charge is 0.179 e. The topological polar surface area (TPSA) is 35.5 Å². The van der Waals surface area contributed by atoms with Crippen molar-refractivity contribution in [1.82, 2.24) is 0 Å². The summed E-state index contributed by atoms with van der Waals surface area (Å²) in [6.45, 7) is 1.11. The molecular weight excluding hydrogens is 374 g/mol. The summed E-state index contributed by atoms with van der Waals surface area (Å²) in [6, 6.07) is 7.62. The van der Waals surface area contributed by atoms with Crippen LogP contribution < -0.4 is 9.47 Å². The minimum atomic E-state index is -1.21. The molecule has 3 nitrogen and oxygen atoms in total. The Morgan fingerprint density at radius 3 is 2.62 bits per heavy atom. The van der Waals surface area contributed by atoms with E-state index in [1.54, 1.807) is 18.2 Å². The first kappa shape index (κ1) is 17.5. The third-order valence-corrected chi connectivity index (χ3v) is 5.44. The molecule has 0 amide bonds. The van der Waals surface area contributed by atoms with Crippen molar-refractivity contribution in [2.24, 2.45) is 0 Å². The van der Waals surface area contributed by atoms with Gasteiger partial charge in [0.15, 0.2) is 11.5 Å². The Hall–Kier alpha value is -1.30. The molecule has 1 atom stereocenters. The predicted octanol–water partition coefficient (Wildman–Crippen LogP) is 4.74. The standard InChI is InChI=1S/C17H15Cl2FO3S/c18-14-8-13(20)3-2-12(14)10-24(21)9-11-6-15(19)17-16(7-11)22-4-1-5-23-17/h2-3,6-8H,1,4-5,9-10H2. The molecule has 0 N–H and O–H groups in total. The van der Waals surface area contributed by atoms with E-state index in [4.69, 9.17) is 32.7 Å². The van der Waals surface area contributed by atoms with Crippen molar-refractivity contribution in [1.29, 1.82) is 0 Å². The number of hydrogen-bond acceptors (Lipinski definition) is 3. The molecule has 7 heteroatoms. The molecule has 1 unspecified atom stereocenters. The summed E-state index contributed by atoms with van der Waals surface area (Å²) in [5.74, 6) is 1.23. The fraction of sp³-hybridized carbons (Fsp3) is 0.294. The maximum absolute atomic E-state index is 13.1. The zero-order valence-corrected chi connectivity index (χ0v) is 15.0. The highest BCUT2D eigenvalue weighted by atomic mass is 35.5. The summed E-state index contributed by atoms with van der Waals surface area (Å²) in [6.07, 6.45) is 0.787. The van der Waals surface area contributed by atoms with Crippen LogP contribution in [0.5, 0.6) is 11.5 Å². The minimum Gasteiger partial charge on any atom is -0.489 e. The van der Waals surface area contributed by atoms with Crippen LogP contribution in [-0.4, -0.2) is 17.4 Å². The van der Waals surface area contributed by atoms with Crippen LogP contribution in [0.2, 0.25) is 10.0 Å². The van der Waals surface area contributed by atoms with E-state index in [0.717, 1.165) is 12.0 Å². The number of hydrogen-bond donors (Lipinski definition) is 0. The highest BCUT2D eigenvalue weighted by Gasteiger charge is 2.17. The zero-order chi connectivity index (χ0) is 17.1. The van der Waals surface area contributed by atoms with E-state index in [1.165, 1.54) is 12.1 Å². The van der Waals surface area contributed by atoms with Crippen molar-refractivity contribution in [3.8, 4) is 11.5 Å². The van der Waals surface area contributed by atoms with Crippen molar-refractivity contribution < 1.29 is 18.1 Å². The summed E-state index contributed by atoms with van der Waals surface area (Å²) in [5, 5.41) is 0.723. The van der Waals surface area contributed by atoms with E-state index in [9.17, 15) is 8.60 Å². The molecule has 0 saturated carbocycles. The Labute approximate surface area is 152 Å². The van der Waals surface area contributed by atoms with E-state index in [2.05, 4.69) is 0 Å². The monoisotopic (exact) mass is 388 g/mol. The zero-order valence-electron chi connectivity index (χ0n) is 12.7. The lowest BCUT2D eigenvalue weighted by molar-refractivity contribution is 0.297. The molecule has 1 heterocycles. The van der Waals surface area contributed by atoms with Gasteiger partial charge in [-0.2, -0.15) is 0 Å². The molecule has 0 aliphatic carbocycles. The highest BCUT2D eigenvalue weighted by molar-refractivity contribution is 7.83. The summed E-state index contributed by atoms with van der Waals surface area (Å²) < 4.78 is 36.7. The van der Waals surface area contributed by atoms with Crippen LogP contribution >= 0.6 is 23.2 Å². The minimum absolute atomic E-state index is 0.241. The molecule has 128 valence electrons.